The molecule has 2 aliphatic heterocycles. The molecule has 3 amide bonds. The number of amides is 3. The molecule has 2 fully saturated rings. The quantitative estimate of drug-likeness (QED) is 0.809. The van der Waals surface area contributed by atoms with E-state index in [0.29, 0.717) is 18.7 Å². The van der Waals surface area contributed by atoms with Crippen molar-refractivity contribution in [3.63, 3.8) is 0 Å². The zero-order valence-electron chi connectivity index (χ0n) is 11.1. The number of fused-ring (bicyclic) bond motifs is 1. The van der Waals surface area contributed by atoms with E-state index in [-0.39, 0.29) is 24.1 Å². The molecular weight excluding hydrogens is 288 g/mol. The lowest BCUT2D eigenvalue weighted by molar-refractivity contribution is -0.134. The van der Waals surface area contributed by atoms with Crippen molar-refractivity contribution in [1.29, 1.82) is 0 Å². The van der Waals surface area contributed by atoms with Crippen LogP contribution in [0.3, 0.4) is 0 Å². The van der Waals surface area contributed by atoms with E-state index in [9.17, 15) is 14.4 Å². The molecule has 1 spiro atoms. The summed E-state index contributed by atoms with van der Waals surface area (Å²) in [6, 6.07) is 7.77. The van der Waals surface area contributed by atoms with Crippen LogP contribution in [0, 0.1) is 5.41 Å². The molecule has 2 saturated heterocycles. The molecule has 5 nitrogen and oxygen atoms in total. The molecule has 1 aromatic carbocycles. The standard InChI is InChI=1S/C15H12N2O3S/c18-12-5-15(14(20)16-12)7-17(8-15)13(19)10-6-21-11-4-2-1-3-9(10)11/h1-4,6H,5,7-8H2,(H,16,18,20). The summed E-state index contributed by atoms with van der Waals surface area (Å²) in [6.45, 7) is 0.654. The van der Waals surface area contributed by atoms with Gasteiger partial charge in [-0.2, -0.15) is 0 Å². The van der Waals surface area contributed by atoms with Crippen molar-refractivity contribution in [2.75, 3.05) is 13.1 Å². The Hall–Kier alpha value is -2.21. The summed E-state index contributed by atoms with van der Waals surface area (Å²) in [7, 11) is 0. The van der Waals surface area contributed by atoms with Crippen molar-refractivity contribution in [1.82, 2.24) is 10.2 Å². The monoisotopic (exact) mass is 300 g/mol. The minimum Gasteiger partial charge on any atom is -0.336 e. The number of imide groups is 1. The Balaban J connectivity index is 1.58. The molecule has 0 atom stereocenters. The van der Waals surface area contributed by atoms with Gasteiger partial charge in [-0.15, -0.1) is 11.3 Å². The molecule has 0 unspecified atom stereocenters. The number of thiophene rings is 1. The van der Waals surface area contributed by atoms with Gasteiger partial charge in [-0.05, 0) is 6.07 Å². The average Bonchev–Trinajstić information content (AvgIpc) is 2.97. The molecule has 0 radical (unpaired) electrons. The third kappa shape index (κ3) is 1.72. The molecule has 106 valence electrons. The SMILES string of the molecule is O=C1CC2(CN(C(=O)c3csc4ccccc34)C2)C(=O)N1. The number of hydrogen-bond acceptors (Lipinski definition) is 4. The van der Waals surface area contributed by atoms with Crippen LogP contribution in [0.15, 0.2) is 29.6 Å². The van der Waals surface area contributed by atoms with E-state index in [2.05, 4.69) is 5.32 Å². The minimum absolute atomic E-state index is 0.0646. The van der Waals surface area contributed by atoms with Crippen molar-refractivity contribution in [2.24, 2.45) is 5.41 Å². The van der Waals surface area contributed by atoms with Crippen molar-refractivity contribution < 1.29 is 14.4 Å². The van der Waals surface area contributed by atoms with Crippen LogP contribution in [0.5, 0.6) is 0 Å². The number of nitrogens with zero attached hydrogens (tertiary/aromatic N) is 1. The first-order valence-corrected chi connectivity index (χ1v) is 7.57. The zero-order chi connectivity index (χ0) is 14.6. The van der Waals surface area contributed by atoms with Gasteiger partial charge in [-0.1, -0.05) is 18.2 Å². The van der Waals surface area contributed by atoms with E-state index in [4.69, 9.17) is 0 Å². The summed E-state index contributed by atoms with van der Waals surface area (Å²) in [4.78, 5) is 37.3. The van der Waals surface area contributed by atoms with E-state index in [0.717, 1.165) is 10.1 Å². The minimum atomic E-state index is -0.682. The number of likely N-dealkylation sites (tertiary alicyclic amines) is 1. The fourth-order valence-corrected chi connectivity index (χ4v) is 4.02. The summed E-state index contributed by atoms with van der Waals surface area (Å²) < 4.78 is 1.07. The predicted octanol–water partition coefficient (Wildman–Crippen LogP) is 1.39. The highest BCUT2D eigenvalue weighted by Gasteiger charge is 2.56. The van der Waals surface area contributed by atoms with Crippen LogP contribution < -0.4 is 5.32 Å². The summed E-state index contributed by atoms with van der Waals surface area (Å²) in [5.41, 5.74) is -0.00588. The second kappa shape index (κ2) is 4.14. The van der Waals surface area contributed by atoms with Crippen LogP contribution in [0.25, 0.3) is 10.1 Å². The number of rotatable bonds is 1. The predicted molar refractivity (Wildman–Crippen MR) is 77.9 cm³/mol. The van der Waals surface area contributed by atoms with Crippen molar-refractivity contribution in [3.8, 4) is 0 Å². The highest BCUT2D eigenvalue weighted by Crippen LogP contribution is 2.39. The molecular formula is C15H12N2O3S. The van der Waals surface area contributed by atoms with Crippen LogP contribution in [0.1, 0.15) is 16.8 Å². The normalized spacial score (nSPS) is 19.9. The molecule has 0 saturated carbocycles. The van der Waals surface area contributed by atoms with E-state index in [1.54, 1.807) is 4.90 Å². The van der Waals surface area contributed by atoms with Gasteiger partial charge in [-0.3, -0.25) is 19.7 Å². The zero-order valence-corrected chi connectivity index (χ0v) is 11.9. The summed E-state index contributed by atoms with van der Waals surface area (Å²) >= 11 is 1.54. The average molecular weight is 300 g/mol. The van der Waals surface area contributed by atoms with Crippen molar-refractivity contribution in [2.45, 2.75) is 6.42 Å². The lowest BCUT2D eigenvalue weighted by atomic mass is 9.78. The van der Waals surface area contributed by atoms with E-state index < -0.39 is 5.41 Å². The number of hydrogen-bond donors (Lipinski definition) is 1. The van der Waals surface area contributed by atoms with Crippen LogP contribution in [-0.2, 0) is 9.59 Å². The van der Waals surface area contributed by atoms with Gasteiger partial charge in [0.25, 0.3) is 5.91 Å². The topological polar surface area (TPSA) is 66.5 Å². The lowest BCUT2D eigenvalue weighted by Crippen LogP contribution is -2.61. The van der Waals surface area contributed by atoms with Crippen LogP contribution in [0.4, 0.5) is 0 Å². The number of benzene rings is 1. The maximum Gasteiger partial charge on any atom is 0.255 e. The Labute approximate surface area is 124 Å². The van der Waals surface area contributed by atoms with Gasteiger partial charge >= 0.3 is 0 Å². The lowest BCUT2D eigenvalue weighted by Gasteiger charge is -2.45. The first-order valence-electron chi connectivity index (χ1n) is 6.69. The van der Waals surface area contributed by atoms with Crippen LogP contribution in [-0.4, -0.2) is 35.7 Å². The molecule has 1 aromatic heterocycles. The van der Waals surface area contributed by atoms with E-state index in [1.807, 2.05) is 29.6 Å². The second-order valence-corrected chi connectivity index (χ2v) is 6.55. The molecule has 2 aromatic rings. The van der Waals surface area contributed by atoms with Crippen molar-refractivity contribution in [3.05, 3.63) is 35.2 Å². The third-order valence-electron chi connectivity index (χ3n) is 4.22. The van der Waals surface area contributed by atoms with E-state index >= 15 is 0 Å². The molecule has 1 N–H and O–H groups in total. The Morgan fingerprint density at radius 2 is 2.00 bits per heavy atom. The maximum atomic E-state index is 12.5. The van der Waals surface area contributed by atoms with Gasteiger partial charge < -0.3 is 4.90 Å². The Kier molecular flexibility index (Phi) is 2.47. The Morgan fingerprint density at radius 3 is 2.71 bits per heavy atom. The fourth-order valence-electron chi connectivity index (χ4n) is 3.09. The highest BCUT2D eigenvalue weighted by atomic mass is 32.1. The summed E-state index contributed by atoms with van der Waals surface area (Å²) in [5.74, 6) is -0.551. The number of nitrogens with one attached hydrogen (secondary N) is 1. The third-order valence-corrected chi connectivity index (χ3v) is 5.18. The number of carbonyl (C=O) groups excluding carboxylic acids is 3. The van der Waals surface area contributed by atoms with Gasteiger partial charge in [0.05, 0.1) is 11.0 Å². The van der Waals surface area contributed by atoms with Gasteiger partial charge in [-0.25, -0.2) is 0 Å². The molecule has 0 aliphatic carbocycles. The molecule has 6 heteroatoms. The smallest absolute Gasteiger partial charge is 0.255 e. The van der Waals surface area contributed by atoms with Crippen LogP contribution >= 0.6 is 11.3 Å². The largest absolute Gasteiger partial charge is 0.336 e. The Bertz CT molecular complexity index is 789. The molecule has 3 heterocycles. The Morgan fingerprint density at radius 1 is 1.24 bits per heavy atom. The highest BCUT2D eigenvalue weighted by molar-refractivity contribution is 7.17. The fraction of sp³-hybridized carbons (Fsp3) is 0.267. The summed E-state index contributed by atoms with van der Waals surface area (Å²) in [5, 5.41) is 5.12. The molecule has 0 bridgehead atoms. The van der Waals surface area contributed by atoms with Gasteiger partial charge in [0.15, 0.2) is 0 Å². The molecule has 21 heavy (non-hydrogen) atoms. The van der Waals surface area contributed by atoms with Gasteiger partial charge in [0.2, 0.25) is 11.8 Å². The maximum absolute atomic E-state index is 12.5. The van der Waals surface area contributed by atoms with Gasteiger partial charge in [0.1, 0.15) is 0 Å². The second-order valence-electron chi connectivity index (χ2n) is 5.64. The number of carbonyl (C=O) groups is 3. The first kappa shape index (κ1) is 12.5. The van der Waals surface area contributed by atoms with Crippen molar-refractivity contribution >= 4 is 39.1 Å². The van der Waals surface area contributed by atoms with E-state index in [1.165, 1.54) is 11.3 Å². The van der Waals surface area contributed by atoms with Gasteiger partial charge in [0, 0.05) is 35.0 Å². The molecule has 2 aliphatic rings. The first-order chi connectivity index (χ1) is 10.1. The summed E-state index contributed by atoms with van der Waals surface area (Å²) in [6.07, 6.45) is 0.194. The molecule has 4 rings (SSSR count). The van der Waals surface area contributed by atoms with Crippen LogP contribution in [0.2, 0.25) is 0 Å².